The zero-order chi connectivity index (χ0) is 12.7. The van der Waals surface area contributed by atoms with Gasteiger partial charge in [0.05, 0.1) is 13.2 Å². The summed E-state index contributed by atoms with van der Waals surface area (Å²) in [5.74, 6) is 4.20. The number of nitrogens with one attached hydrogen (secondary N) is 1. The van der Waals surface area contributed by atoms with Crippen LogP contribution in [0.25, 0.3) is 0 Å². The van der Waals surface area contributed by atoms with Crippen LogP contribution in [0.4, 0.5) is 4.39 Å². The van der Waals surface area contributed by atoms with E-state index in [0.717, 1.165) is 0 Å². The number of halogens is 1. The molecule has 0 saturated heterocycles. The van der Waals surface area contributed by atoms with Crippen LogP contribution >= 0.6 is 0 Å². The number of hydrogen-bond donors (Lipinski definition) is 2. The Morgan fingerprint density at radius 2 is 2.29 bits per heavy atom. The Labute approximate surface area is 98.7 Å². The van der Waals surface area contributed by atoms with Gasteiger partial charge in [-0.15, -0.1) is 0 Å². The number of carbonyl (C=O) groups excluding carboxylic acids is 1. The second kappa shape index (κ2) is 6.82. The number of amides is 1. The van der Waals surface area contributed by atoms with E-state index in [1.165, 1.54) is 12.1 Å². The Morgan fingerprint density at radius 3 is 2.88 bits per heavy atom. The van der Waals surface area contributed by atoms with E-state index in [0.29, 0.717) is 12.2 Å². The van der Waals surface area contributed by atoms with Crippen LogP contribution in [0.5, 0.6) is 5.75 Å². The Balaban J connectivity index is 2.50. The molecule has 0 aliphatic rings. The van der Waals surface area contributed by atoms with Gasteiger partial charge in [0.25, 0.3) is 5.91 Å². The Morgan fingerprint density at radius 1 is 1.53 bits per heavy atom. The first-order valence-corrected chi connectivity index (χ1v) is 5.15. The van der Waals surface area contributed by atoms with Crippen LogP contribution < -0.4 is 16.0 Å². The standard InChI is InChI=1S/C11H15FN2O3/c1-2-17-10-4-3-8(5-9(10)12)6-16-7-11(15)14-13/h3-5H,2,6-7,13H2,1H3,(H,14,15). The highest BCUT2D eigenvalue weighted by atomic mass is 19.1. The minimum absolute atomic E-state index is 0.136. The van der Waals surface area contributed by atoms with Crippen molar-refractivity contribution in [1.82, 2.24) is 5.43 Å². The molecule has 1 amide bonds. The molecule has 0 bridgehead atoms. The Bertz CT molecular complexity index is 385. The summed E-state index contributed by atoms with van der Waals surface area (Å²) in [6.45, 7) is 2.16. The van der Waals surface area contributed by atoms with Crippen LogP contribution in [0.15, 0.2) is 18.2 Å². The summed E-state index contributed by atoms with van der Waals surface area (Å²) in [5.41, 5.74) is 2.55. The first kappa shape index (κ1) is 13.4. The maximum atomic E-state index is 13.4. The molecular formula is C11H15FN2O3. The Kier molecular flexibility index (Phi) is 5.38. The van der Waals surface area contributed by atoms with Gasteiger partial charge in [-0.2, -0.15) is 0 Å². The number of rotatable bonds is 6. The molecule has 0 unspecified atom stereocenters. The zero-order valence-electron chi connectivity index (χ0n) is 9.53. The topological polar surface area (TPSA) is 73.6 Å². The summed E-state index contributed by atoms with van der Waals surface area (Å²) in [4.78, 5) is 10.8. The summed E-state index contributed by atoms with van der Waals surface area (Å²) in [7, 11) is 0. The molecule has 0 aliphatic carbocycles. The number of benzene rings is 1. The molecule has 0 radical (unpaired) electrons. The molecule has 0 saturated carbocycles. The third-order valence-electron chi connectivity index (χ3n) is 1.96. The van der Waals surface area contributed by atoms with Crippen molar-refractivity contribution in [2.24, 2.45) is 5.84 Å². The van der Waals surface area contributed by atoms with E-state index in [1.54, 1.807) is 13.0 Å². The minimum Gasteiger partial charge on any atom is -0.491 e. The molecule has 94 valence electrons. The molecule has 6 heteroatoms. The minimum atomic E-state index is -0.448. The lowest BCUT2D eigenvalue weighted by Gasteiger charge is -2.07. The number of hydrazine groups is 1. The predicted octanol–water partition coefficient (Wildman–Crippen LogP) is 0.731. The maximum Gasteiger partial charge on any atom is 0.259 e. The van der Waals surface area contributed by atoms with E-state index in [4.69, 9.17) is 15.3 Å². The van der Waals surface area contributed by atoms with Crippen molar-refractivity contribution in [2.75, 3.05) is 13.2 Å². The van der Waals surface area contributed by atoms with Crippen molar-refractivity contribution in [2.45, 2.75) is 13.5 Å². The second-order valence-corrected chi connectivity index (χ2v) is 3.26. The molecule has 0 atom stereocenters. The number of carbonyl (C=O) groups is 1. The van der Waals surface area contributed by atoms with E-state index in [1.807, 2.05) is 5.43 Å². The largest absolute Gasteiger partial charge is 0.491 e. The van der Waals surface area contributed by atoms with Gasteiger partial charge in [-0.1, -0.05) is 6.07 Å². The first-order chi connectivity index (χ1) is 8.17. The number of hydrogen-bond acceptors (Lipinski definition) is 4. The molecule has 1 rings (SSSR count). The fourth-order valence-electron chi connectivity index (χ4n) is 1.21. The van der Waals surface area contributed by atoms with E-state index >= 15 is 0 Å². The molecule has 3 N–H and O–H groups in total. The summed E-state index contributed by atoms with van der Waals surface area (Å²) in [6, 6.07) is 4.51. The first-order valence-electron chi connectivity index (χ1n) is 5.15. The van der Waals surface area contributed by atoms with Crippen molar-refractivity contribution >= 4 is 5.91 Å². The van der Waals surface area contributed by atoms with E-state index in [-0.39, 0.29) is 19.0 Å². The van der Waals surface area contributed by atoms with Crippen LogP contribution in [0, 0.1) is 5.82 Å². The lowest BCUT2D eigenvalue weighted by molar-refractivity contribution is -0.126. The van der Waals surface area contributed by atoms with Crippen LogP contribution in [0.1, 0.15) is 12.5 Å². The smallest absolute Gasteiger partial charge is 0.259 e. The number of ether oxygens (including phenoxy) is 2. The van der Waals surface area contributed by atoms with Gasteiger partial charge in [0, 0.05) is 0 Å². The van der Waals surface area contributed by atoms with Crippen LogP contribution in [-0.4, -0.2) is 19.1 Å². The monoisotopic (exact) mass is 242 g/mol. The average molecular weight is 242 g/mol. The average Bonchev–Trinajstić information content (AvgIpc) is 2.32. The van der Waals surface area contributed by atoms with Gasteiger partial charge < -0.3 is 9.47 Å². The molecule has 0 fully saturated rings. The van der Waals surface area contributed by atoms with Gasteiger partial charge in [-0.25, -0.2) is 10.2 Å². The normalized spacial score (nSPS) is 10.1. The van der Waals surface area contributed by atoms with Crippen LogP contribution in [0.2, 0.25) is 0 Å². The molecule has 1 aromatic rings. The molecule has 0 aromatic heterocycles. The van der Waals surface area contributed by atoms with E-state index in [2.05, 4.69) is 0 Å². The van der Waals surface area contributed by atoms with Gasteiger partial charge in [-0.05, 0) is 24.6 Å². The highest BCUT2D eigenvalue weighted by Crippen LogP contribution is 2.18. The molecule has 1 aromatic carbocycles. The zero-order valence-corrected chi connectivity index (χ0v) is 9.53. The van der Waals surface area contributed by atoms with Crippen molar-refractivity contribution in [3.8, 4) is 5.75 Å². The third-order valence-corrected chi connectivity index (χ3v) is 1.96. The molecular weight excluding hydrogens is 227 g/mol. The highest BCUT2D eigenvalue weighted by molar-refractivity contribution is 5.76. The van der Waals surface area contributed by atoms with Gasteiger partial charge in [0.15, 0.2) is 11.6 Å². The van der Waals surface area contributed by atoms with Gasteiger partial charge in [0.2, 0.25) is 0 Å². The summed E-state index contributed by atoms with van der Waals surface area (Å²) in [5, 5.41) is 0. The molecule has 5 nitrogen and oxygen atoms in total. The van der Waals surface area contributed by atoms with Crippen LogP contribution in [-0.2, 0) is 16.1 Å². The third kappa shape index (κ3) is 4.38. The quantitative estimate of drug-likeness (QED) is 0.438. The van der Waals surface area contributed by atoms with Gasteiger partial charge in [0.1, 0.15) is 6.61 Å². The highest BCUT2D eigenvalue weighted by Gasteiger charge is 2.05. The maximum absolute atomic E-state index is 13.4. The van der Waals surface area contributed by atoms with Crippen LogP contribution in [0.3, 0.4) is 0 Å². The van der Waals surface area contributed by atoms with Gasteiger partial charge in [-0.3, -0.25) is 10.2 Å². The Hall–Kier alpha value is -1.66. The fraction of sp³-hybridized carbons (Fsp3) is 0.364. The lowest BCUT2D eigenvalue weighted by atomic mass is 10.2. The summed E-state index contributed by atoms with van der Waals surface area (Å²) >= 11 is 0. The fourth-order valence-corrected chi connectivity index (χ4v) is 1.21. The van der Waals surface area contributed by atoms with Gasteiger partial charge >= 0.3 is 0 Å². The molecule has 0 aliphatic heterocycles. The molecule has 17 heavy (non-hydrogen) atoms. The van der Waals surface area contributed by atoms with Crippen molar-refractivity contribution < 1.29 is 18.7 Å². The second-order valence-electron chi connectivity index (χ2n) is 3.26. The summed E-state index contributed by atoms with van der Waals surface area (Å²) < 4.78 is 23.5. The van der Waals surface area contributed by atoms with E-state index in [9.17, 15) is 9.18 Å². The molecule has 0 spiro atoms. The lowest BCUT2D eigenvalue weighted by Crippen LogP contribution is -2.33. The predicted molar refractivity (Wildman–Crippen MR) is 59.6 cm³/mol. The summed E-state index contributed by atoms with van der Waals surface area (Å²) in [6.07, 6.45) is 0. The molecule has 0 heterocycles. The SMILES string of the molecule is CCOc1ccc(COCC(=O)NN)cc1F. The van der Waals surface area contributed by atoms with E-state index < -0.39 is 11.7 Å². The van der Waals surface area contributed by atoms with Crippen molar-refractivity contribution in [3.05, 3.63) is 29.6 Å². The number of nitrogens with two attached hydrogens (primary N) is 1. The van der Waals surface area contributed by atoms with Crippen molar-refractivity contribution in [1.29, 1.82) is 0 Å². The van der Waals surface area contributed by atoms with Crippen molar-refractivity contribution in [3.63, 3.8) is 0 Å².